The molecule has 6 nitrogen and oxygen atoms in total. The summed E-state index contributed by atoms with van der Waals surface area (Å²) < 4.78 is 10.6. The Balaban J connectivity index is 1.76. The van der Waals surface area contributed by atoms with E-state index in [1.807, 2.05) is 37.3 Å². The summed E-state index contributed by atoms with van der Waals surface area (Å²) in [5, 5.41) is 6.82. The Labute approximate surface area is 129 Å². The maximum absolute atomic E-state index is 12.6. The van der Waals surface area contributed by atoms with Gasteiger partial charge in [0.15, 0.2) is 5.76 Å². The van der Waals surface area contributed by atoms with Gasteiger partial charge in [0.2, 0.25) is 0 Å². The van der Waals surface area contributed by atoms with Crippen molar-refractivity contribution in [2.24, 2.45) is 0 Å². The third kappa shape index (κ3) is 2.77. The zero-order chi connectivity index (χ0) is 15.5. The first-order valence-electron chi connectivity index (χ1n) is 7.33. The van der Waals surface area contributed by atoms with Crippen LogP contribution in [0.15, 0.2) is 34.9 Å². The molecule has 2 aromatic rings. The van der Waals surface area contributed by atoms with Gasteiger partial charge in [-0.05, 0) is 31.9 Å². The topological polar surface area (TPSA) is 67.6 Å². The molecule has 1 aliphatic heterocycles. The minimum atomic E-state index is -0.152. The van der Waals surface area contributed by atoms with E-state index in [0.717, 1.165) is 24.3 Å². The molecule has 0 saturated carbocycles. The zero-order valence-corrected chi connectivity index (χ0v) is 12.7. The molecule has 2 heterocycles. The van der Waals surface area contributed by atoms with Crippen LogP contribution in [0.3, 0.4) is 0 Å². The van der Waals surface area contributed by atoms with Crippen molar-refractivity contribution in [1.29, 1.82) is 0 Å². The van der Waals surface area contributed by atoms with Gasteiger partial charge in [0.1, 0.15) is 5.75 Å². The predicted octanol–water partition coefficient (Wildman–Crippen LogP) is 3.36. The molecule has 0 aliphatic carbocycles. The summed E-state index contributed by atoms with van der Waals surface area (Å²) in [5.41, 5.74) is 1.49. The fourth-order valence-electron chi connectivity index (χ4n) is 2.78. The molecule has 0 bridgehead atoms. The lowest BCUT2D eigenvalue weighted by molar-refractivity contribution is 0.195. The fourth-order valence-corrected chi connectivity index (χ4v) is 2.78. The van der Waals surface area contributed by atoms with Gasteiger partial charge in [-0.1, -0.05) is 17.3 Å². The summed E-state index contributed by atoms with van der Waals surface area (Å²) >= 11 is 0. The molecule has 1 atom stereocenters. The first kappa shape index (κ1) is 14.4. The van der Waals surface area contributed by atoms with Crippen LogP contribution in [-0.2, 0) is 0 Å². The van der Waals surface area contributed by atoms with Crippen molar-refractivity contribution < 1.29 is 14.1 Å². The average molecular weight is 301 g/mol. The summed E-state index contributed by atoms with van der Waals surface area (Å²) in [6.45, 7) is 2.58. The minimum Gasteiger partial charge on any atom is -0.495 e. The predicted molar refractivity (Wildman–Crippen MR) is 81.9 cm³/mol. The number of benzene rings is 1. The van der Waals surface area contributed by atoms with Crippen molar-refractivity contribution in [1.82, 2.24) is 10.1 Å². The molecule has 2 amide bonds. The molecule has 22 heavy (non-hydrogen) atoms. The van der Waals surface area contributed by atoms with Gasteiger partial charge >= 0.3 is 6.03 Å². The number of carbonyl (C=O) groups is 1. The average Bonchev–Trinajstić information content (AvgIpc) is 3.16. The van der Waals surface area contributed by atoms with E-state index < -0.39 is 0 Å². The number of amides is 2. The number of methoxy groups -OCH3 is 1. The molecule has 1 fully saturated rings. The van der Waals surface area contributed by atoms with Crippen molar-refractivity contribution in [3.05, 3.63) is 41.8 Å². The summed E-state index contributed by atoms with van der Waals surface area (Å²) in [6.07, 6.45) is 1.83. The number of nitrogens with zero attached hydrogens (tertiary/aromatic N) is 2. The molecule has 1 unspecified atom stereocenters. The Morgan fingerprint density at radius 3 is 3.00 bits per heavy atom. The number of carbonyl (C=O) groups excluding carboxylic acids is 1. The maximum Gasteiger partial charge on any atom is 0.322 e. The molecular formula is C16H19N3O3. The van der Waals surface area contributed by atoms with Crippen molar-refractivity contribution in [2.45, 2.75) is 25.8 Å². The van der Waals surface area contributed by atoms with Crippen molar-refractivity contribution in [3.63, 3.8) is 0 Å². The fraction of sp³-hybridized carbons (Fsp3) is 0.375. The van der Waals surface area contributed by atoms with Crippen molar-refractivity contribution in [3.8, 4) is 5.75 Å². The number of aromatic nitrogens is 1. The van der Waals surface area contributed by atoms with E-state index in [-0.39, 0.29) is 12.1 Å². The van der Waals surface area contributed by atoms with Gasteiger partial charge in [-0.3, -0.25) is 0 Å². The van der Waals surface area contributed by atoms with Gasteiger partial charge in [0.25, 0.3) is 0 Å². The number of urea groups is 1. The maximum atomic E-state index is 12.6. The van der Waals surface area contributed by atoms with Crippen molar-refractivity contribution >= 4 is 11.7 Å². The van der Waals surface area contributed by atoms with Crippen LogP contribution in [-0.4, -0.2) is 29.7 Å². The Morgan fingerprint density at radius 2 is 2.27 bits per heavy atom. The molecule has 0 radical (unpaired) electrons. The van der Waals surface area contributed by atoms with Gasteiger partial charge in [-0.15, -0.1) is 0 Å². The van der Waals surface area contributed by atoms with Crippen LogP contribution in [0.2, 0.25) is 0 Å². The first-order valence-corrected chi connectivity index (χ1v) is 7.33. The molecule has 1 saturated heterocycles. The second-order valence-electron chi connectivity index (χ2n) is 5.35. The molecule has 1 aromatic carbocycles. The van der Waals surface area contributed by atoms with E-state index in [0.29, 0.717) is 18.0 Å². The van der Waals surface area contributed by atoms with Crippen LogP contribution in [0.4, 0.5) is 10.5 Å². The highest BCUT2D eigenvalue weighted by Gasteiger charge is 2.32. The number of ether oxygens (including phenoxy) is 1. The number of rotatable bonds is 3. The molecular weight excluding hydrogens is 282 g/mol. The molecule has 1 aromatic heterocycles. The number of hydrogen-bond acceptors (Lipinski definition) is 4. The third-order valence-corrected chi connectivity index (χ3v) is 3.84. The van der Waals surface area contributed by atoms with Gasteiger partial charge in [-0.25, -0.2) is 4.79 Å². The van der Waals surface area contributed by atoms with Crippen LogP contribution < -0.4 is 10.1 Å². The number of anilines is 1. The van der Waals surface area contributed by atoms with Crippen LogP contribution in [0.5, 0.6) is 5.75 Å². The molecule has 6 heteroatoms. The number of para-hydroxylation sites is 2. The van der Waals surface area contributed by atoms with E-state index >= 15 is 0 Å². The lowest BCUT2D eigenvalue weighted by Gasteiger charge is -2.23. The SMILES string of the molecule is COc1ccccc1NC(=O)N1CCCC1c1cc(C)no1. The number of aryl methyl sites for hydroxylation is 1. The Hall–Kier alpha value is -2.50. The van der Waals surface area contributed by atoms with Crippen LogP contribution >= 0.6 is 0 Å². The molecule has 3 rings (SSSR count). The quantitative estimate of drug-likeness (QED) is 0.944. The van der Waals surface area contributed by atoms with E-state index in [4.69, 9.17) is 9.26 Å². The van der Waals surface area contributed by atoms with Gasteiger partial charge < -0.3 is 19.5 Å². The second-order valence-corrected chi connectivity index (χ2v) is 5.35. The van der Waals surface area contributed by atoms with Gasteiger partial charge in [-0.2, -0.15) is 0 Å². The van der Waals surface area contributed by atoms with Crippen LogP contribution in [0.25, 0.3) is 0 Å². The van der Waals surface area contributed by atoms with Gasteiger partial charge in [0.05, 0.1) is 24.5 Å². The van der Waals surface area contributed by atoms with Gasteiger partial charge in [0, 0.05) is 12.6 Å². The Morgan fingerprint density at radius 1 is 1.45 bits per heavy atom. The highest BCUT2D eigenvalue weighted by Crippen LogP contribution is 2.33. The summed E-state index contributed by atoms with van der Waals surface area (Å²) in [4.78, 5) is 14.4. The van der Waals surface area contributed by atoms with Crippen LogP contribution in [0, 0.1) is 6.92 Å². The second kappa shape index (κ2) is 6.09. The Bertz CT molecular complexity index is 668. The monoisotopic (exact) mass is 301 g/mol. The largest absolute Gasteiger partial charge is 0.495 e. The highest BCUT2D eigenvalue weighted by molar-refractivity contribution is 5.91. The normalized spacial score (nSPS) is 17.5. The molecule has 116 valence electrons. The van der Waals surface area contributed by atoms with Crippen molar-refractivity contribution in [2.75, 3.05) is 19.0 Å². The van der Waals surface area contributed by atoms with E-state index in [1.165, 1.54) is 0 Å². The standard InChI is InChI=1S/C16H19N3O3/c1-11-10-15(22-18-11)13-7-5-9-19(13)16(20)17-12-6-3-4-8-14(12)21-2/h3-4,6,8,10,13H,5,7,9H2,1-2H3,(H,17,20). The van der Waals surface area contributed by atoms with E-state index in [2.05, 4.69) is 10.5 Å². The molecule has 1 aliphatic rings. The van der Waals surface area contributed by atoms with E-state index in [1.54, 1.807) is 12.0 Å². The Kier molecular flexibility index (Phi) is 4.00. The number of nitrogens with one attached hydrogen (secondary N) is 1. The smallest absolute Gasteiger partial charge is 0.322 e. The van der Waals surface area contributed by atoms with Crippen LogP contribution in [0.1, 0.15) is 30.3 Å². The number of likely N-dealkylation sites (tertiary alicyclic amines) is 1. The molecule has 0 spiro atoms. The van der Waals surface area contributed by atoms with E-state index in [9.17, 15) is 4.79 Å². The zero-order valence-electron chi connectivity index (χ0n) is 12.7. The summed E-state index contributed by atoms with van der Waals surface area (Å²) in [7, 11) is 1.58. The molecule has 1 N–H and O–H groups in total. The lowest BCUT2D eigenvalue weighted by Crippen LogP contribution is -2.34. The summed E-state index contributed by atoms with van der Waals surface area (Å²) in [6, 6.07) is 9.04. The highest BCUT2D eigenvalue weighted by atomic mass is 16.5. The number of hydrogen-bond donors (Lipinski definition) is 1. The lowest BCUT2D eigenvalue weighted by atomic mass is 10.1. The summed E-state index contributed by atoms with van der Waals surface area (Å²) in [5.74, 6) is 1.38. The minimum absolute atomic E-state index is 0.0593. The third-order valence-electron chi connectivity index (χ3n) is 3.84. The first-order chi connectivity index (χ1) is 10.7.